The summed E-state index contributed by atoms with van der Waals surface area (Å²) in [6.07, 6.45) is 0. The molecule has 14 heavy (non-hydrogen) atoms. The van der Waals surface area contributed by atoms with Gasteiger partial charge in [0.05, 0.1) is 6.61 Å². The van der Waals surface area contributed by atoms with E-state index < -0.39 is 5.41 Å². The summed E-state index contributed by atoms with van der Waals surface area (Å²) in [5, 5.41) is 9.23. The molecule has 1 unspecified atom stereocenters. The van der Waals surface area contributed by atoms with E-state index in [4.69, 9.17) is 5.73 Å². The van der Waals surface area contributed by atoms with Gasteiger partial charge in [0.2, 0.25) is 0 Å². The van der Waals surface area contributed by atoms with E-state index in [1.807, 2.05) is 0 Å². The molecule has 0 saturated carbocycles. The van der Waals surface area contributed by atoms with Crippen LogP contribution in [0.15, 0.2) is 22.7 Å². The molecule has 0 fully saturated rings. The molecule has 1 aromatic rings. The molecule has 4 heteroatoms. The van der Waals surface area contributed by atoms with Gasteiger partial charge in [-0.2, -0.15) is 0 Å². The summed E-state index contributed by atoms with van der Waals surface area (Å²) < 4.78 is 13.8. The van der Waals surface area contributed by atoms with Crippen molar-refractivity contribution in [3.05, 3.63) is 34.1 Å². The molecule has 3 N–H and O–H groups in total. The van der Waals surface area contributed by atoms with Crippen LogP contribution in [0.5, 0.6) is 0 Å². The quantitative estimate of drug-likeness (QED) is 0.872. The van der Waals surface area contributed by atoms with E-state index >= 15 is 0 Å². The van der Waals surface area contributed by atoms with Gasteiger partial charge in [0.15, 0.2) is 0 Å². The van der Waals surface area contributed by atoms with Crippen molar-refractivity contribution in [1.29, 1.82) is 0 Å². The summed E-state index contributed by atoms with van der Waals surface area (Å²) in [6, 6.07) is 4.38. The number of hydrogen-bond acceptors (Lipinski definition) is 2. The molecule has 0 radical (unpaired) electrons. The van der Waals surface area contributed by atoms with Crippen LogP contribution in [0.3, 0.4) is 0 Å². The first-order chi connectivity index (χ1) is 6.53. The average molecular weight is 262 g/mol. The zero-order chi connectivity index (χ0) is 10.8. The second-order valence-corrected chi connectivity index (χ2v) is 4.40. The maximum absolute atomic E-state index is 13.0. The maximum atomic E-state index is 13.0. The minimum atomic E-state index is -0.596. The van der Waals surface area contributed by atoms with Crippen LogP contribution in [0.1, 0.15) is 12.5 Å². The van der Waals surface area contributed by atoms with Crippen LogP contribution in [-0.4, -0.2) is 18.3 Å². The van der Waals surface area contributed by atoms with Crippen LogP contribution < -0.4 is 5.73 Å². The number of aliphatic hydroxyl groups is 1. The molecule has 1 rings (SSSR count). The van der Waals surface area contributed by atoms with E-state index in [1.165, 1.54) is 12.1 Å². The molecular formula is C10H13BrFNO. The third kappa shape index (κ3) is 2.13. The normalized spacial score (nSPS) is 15.2. The van der Waals surface area contributed by atoms with Gasteiger partial charge in [0.25, 0.3) is 0 Å². The van der Waals surface area contributed by atoms with E-state index in [2.05, 4.69) is 15.9 Å². The van der Waals surface area contributed by atoms with E-state index in [9.17, 15) is 9.50 Å². The largest absolute Gasteiger partial charge is 0.395 e. The van der Waals surface area contributed by atoms with E-state index in [0.29, 0.717) is 5.56 Å². The fraction of sp³-hybridized carbons (Fsp3) is 0.400. The van der Waals surface area contributed by atoms with Crippen molar-refractivity contribution in [2.24, 2.45) is 5.73 Å². The summed E-state index contributed by atoms with van der Waals surface area (Å²) in [5.74, 6) is -0.323. The zero-order valence-electron chi connectivity index (χ0n) is 7.93. The number of nitrogens with two attached hydrogens (primary N) is 1. The fourth-order valence-corrected chi connectivity index (χ4v) is 1.94. The topological polar surface area (TPSA) is 46.2 Å². The minimum Gasteiger partial charge on any atom is -0.395 e. The third-order valence-corrected chi connectivity index (χ3v) is 3.07. The summed E-state index contributed by atoms with van der Waals surface area (Å²) >= 11 is 3.31. The van der Waals surface area contributed by atoms with Gasteiger partial charge >= 0.3 is 0 Å². The predicted octanol–water partition coefficient (Wildman–Crippen LogP) is 1.80. The van der Waals surface area contributed by atoms with Crippen molar-refractivity contribution in [3.8, 4) is 0 Å². The van der Waals surface area contributed by atoms with Crippen LogP contribution in [0, 0.1) is 5.82 Å². The summed E-state index contributed by atoms with van der Waals surface area (Å²) in [7, 11) is 0. The Balaban J connectivity index is 3.22. The Kier molecular flexibility index (Phi) is 3.64. The van der Waals surface area contributed by atoms with Crippen LogP contribution in [0.2, 0.25) is 0 Å². The molecule has 0 amide bonds. The highest BCUT2D eigenvalue weighted by Crippen LogP contribution is 2.29. The van der Waals surface area contributed by atoms with E-state index in [0.717, 1.165) is 4.47 Å². The van der Waals surface area contributed by atoms with Gasteiger partial charge in [0, 0.05) is 16.4 Å². The molecule has 0 saturated heterocycles. The molecular weight excluding hydrogens is 249 g/mol. The van der Waals surface area contributed by atoms with Gasteiger partial charge in [-0.15, -0.1) is 0 Å². The van der Waals surface area contributed by atoms with Crippen LogP contribution >= 0.6 is 15.9 Å². The molecule has 0 aliphatic carbocycles. The van der Waals surface area contributed by atoms with Crippen LogP contribution in [0.25, 0.3) is 0 Å². The van der Waals surface area contributed by atoms with Crippen molar-refractivity contribution in [2.75, 3.05) is 13.2 Å². The molecule has 0 aromatic heterocycles. The van der Waals surface area contributed by atoms with Gasteiger partial charge in [-0.1, -0.05) is 22.9 Å². The van der Waals surface area contributed by atoms with Crippen molar-refractivity contribution in [3.63, 3.8) is 0 Å². The SMILES string of the molecule is CC(CN)(CO)c1cc(F)ccc1Br. The summed E-state index contributed by atoms with van der Waals surface area (Å²) in [6.45, 7) is 1.96. The number of hydrogen-bond donors (Lipinski definition) is 2. The molecule has 1 aromatic carbocycles. The van der Waals surface area contributed by atoms with Gasteiger partial charge in [-0.3, -0.25) is 0 Å². The Hall–Kier alpha value is -0.450. The minimum absolute atomic E-state index is 0.106. The maximum Gasteiger partial charge on any atom is 0.123 e. The monoisotopic (exact) mass is 261 g/mol. The molecule has 0 aliphatic rings. The number of halogens is 2. The van der Waals surface area contributed by atoms with Crippen molar-refractivity contribution < 1.29 is 9.50 Å². The molecule has 1 atom stereocenters. The first-order valence-electron chi connectivity index (χ1n) is 4.30. The second kappa shape index (κ2) is 4.38. The molecule has 0 heterocycles. The summed E-state index contributed by atoms with van der Waals surface area (Å²) in [5.41, 5.74) is 5.67. The Labute approximate surface area is 91.1 Å². The van der Waals surface area contributed by atoms with Crippen molar-refractivity contribution in [2.45, 2.75) is 12.3 Å². The van der Waals surface area contributed by atoms with Crippen molar-refractivity contribution >= 4 is 15.9 Å². The first-order valence-corrected chi connectivity index (χ1v) is 5.09. The molecule has 0 spiro atoms. The van der Waals surface area contributed by atoms with Crippen LogP contribution in [0.4, 0.5) is 4.39 Å². The third-order valence-electron chi connectivity index (χ3n) is 2.38. The number of rotatable bonds is 3. The van der Waals surface area contributed by atoms with Crippen LogP contribution in [-0.2, 0) is 5.41 Å². The molecule has 2 nitrogen and oxygen atoms in total. The van der Waals surface area contributed by atoms with Gasteiger partial charge in [0.1, 0.15) is 5.82 Å². The predicted molar refractivity (Wildman–Crippen MR) is 57.6 cm³/mol. The standard InChI is InChI=1S/C10H13BrFNO/c1-10(5-13,6-14)8-4-7(12)2-3-9(8)11/h2-4,14H,5-6,13H2,1H3. The zero-order valence-corrected chi connectivity index (χ0v) is 9.51. The van der Waals surface area contributed by atoms with E-state index in [1.54, 1.807) is 13.0 Å². The Morgan fingerprint density at radius 1 is 1.57 bits per heavy atom. The lowest BCUT2D eigenvalue weighted by atomic mass is 9.83. The highest BCUT2D eigenvalue weighted by Gasteiger charge is 2.26. The Morgan fingerprint density at radius 3 is 2.71 bits per heavy atom. The lowest BCUT2D eigenvalue weighted by molar-refractivity contribution is 0.209. The smallest absolute Gasteiger partial charge is 0.123 e. The summed E-state index contributed by atoms with van der Waals surface area (Å²) in [4.78, 5) is 0. The number of benzene rings is 1. The Morgan fingerprint density at radius 2 is 2.21 bits per heavy atom. The average Bonchev–Trinajstić information content (AvgIpc) is 2.20. The molecule has 0 aliphatic heterocycles. The molecule has 0 bridgehead atoms. The van der Waals surface area contributed by atoms with Crippen molar-refractivity contribution in [1.82, 2.24) is 0 Å². The second-order valence-electron chi connectivity index (χ2n) is 3.55. The van der Waals surface area contributed by atoms with Gasteiger partial charge in [-0.25, -0.2) is 4.39 Å². The van der Waals surface area contributed by atoms with Gasteiger partial charge < -0.3 is 10.8 Å². The van der Waals surface area contributed by atoms with Gasteiger partial charge in [-0.05, 0) is 23.8 Å². The molecule has 78 valence electrons. The lowest BCUT2D eigenvalue weighted by Gasteiger charge is -2.27. The van der Waals surface area contributed by atoms with E-state index in [-0.39, 0.29) is 19.0 Å². The Bertz CT molecular complexity index is 326. The highest BCUT2D eigenvalue weighted by atomic mass is 79.9. The fourth-order valence-electron chi connectivity index (χ4n) is 1.22. The first kappa shape index (κ1) is 11.6. The highest BCUT2D eigenvalue weighted by molar-refractivity contribution is 9.10. The number of aliphatic hydroxyl groups excluding tert-OH is 1. The lowest BCUT2D eigenvalue weighted by Crippen LogP contribution is -2.36.